The van der Waals surface area contributed by atoms with Crippen molar-refractivity contribution in [2.24, 2.45) is 0 Å². The predicted octanol–water partition coefficient (Wildman–Crippen LogP) is 4.38. The van der Waals surface area contributed by atoms with E-state index in [0.717, 1.165) is 29.6 Å². The molecular weight excluding hydrogens is 451 g/mol. The predicted molar refractivity (Wildman–Crippen MR) is 126 cm³/mol. The lowest BCUT2D eigenvalue weighted by atomic mass is 10.0. The largest absolute Gasteiger partial charge is 0.480 e. The number of piperazine rings is 1. The summed E-state index contributed by atoms with van der Waals surface area (Å²) in [6.45, 7) is 4.80. The Morgan fingerprint density at radius 2 is 1.88 bits per heavy atom. The maximum Gasteiger partial charge on any atom is 0.325 e. The topological polar surface area (TPSA) is 88.7 Å². The highest BCUT2D eigenvalue weighted by molar-refractivity contribution is 6.35. The molecule has 4 rings (SSSR count). The van der Waals surface area contributed by atoms with Gasteiger partial charge in [-0.2, -0.15) is 0 Å². The number of nitrogens with one attached hydrogen (secondary N) is 2. The molecule has 1 amide bonds. The summed E-state index contributed by atoms with van der Waals surface area (Å²) < 4.78 is 0. The Morgan fingerprint density at radius 3 is 2.53 bits per heavy atom. The monoisotopic (exact) mass is 474 g/mol. The number of anilines is 1. The smallest absolute Gasteiger partial charge is 0.325 e. The van der Waals surface area contributed by atoms with Gasteiger partial charge in [-0.25, -0.2) is 0 Å². The molecule has 7 nitrogen and oxygen atoms in total. The normalized spacial score (nSPS) is 16.2. The van der Waals surface area contributed by atoms with E-state index in [-0.39, 0.29) is 5.91 Å². The van der Waals surface area contributed by atoms with Gasteiger partial charge in [-0.3, -0.25) is 19.4 Å². The number of hydrogen-bond acceptors (Lipinski definition) is 4. The first-order chi connectivity index (χ1) is 15.3. The number of H-pyrrole nitrogens is 1. The van der Waals surface area contributed by atoms with Crippen molar-refractivity contribution in [3.63, 3.8) is 0 Å². The summed E-state index contributed by atoms with van der Waals surface area (Å²) in [5.74, 6) is -1.07. The molecule has 9 heteroatoms. The minimum atomic E-state index is -0.898. The fourth-order valence-electron chi connectivity index (χ4n) is 4.21. The van der Waals surface area contributed by atoms with Crippen molar-refractivity contribution >= 4 is 51.7 Å². The van der Waals surface area contributed by atoms with Crippen LogP contribution < -0.4 is 5.32 Å². The van der Waals surface area contributed by atoms with Crippen LogP contribution in [0.25, 0.3) is 10.9 Å². The molecule has 0 radical (unpaired) electrons. The molecule has 1 aromatic heterocycles. The summed E-state index contributed by atoms with van der Waals surface area (Å²) in [4.78, 5) is 31.1. The summed E-state index contributed by atoms with van der Waals surface area (Å²) in [5, 5.41) is 14.9. The summed E-state index contributed by atoms with van der Waals surface area (Å²) in [6.07, 6.45) is 1.75. The minimum absolute atomic E-state index is 0.173. The Morgan fingerprint density at radius 1 is 1.12 bits per heavy atom. The molecule has 2 aromatic carbocycles. The number of carboxylic acid groups (broad SMARTS) is 1. The van der Waals surface area contributed by atoms with Crippen LogP contribution >= 0.6 is 23.2 Å². The summed E-state index contributed by atoms with van der Waals surface area (Å²) >= 11 is 12.3. The molecule has 1 saturated heterocycles. The summed E-state index contributed by atoms with van der Waals surface area (Å²) in [5.41, 5.74) is 3.16. The van der Waals surface area contributed by atoms with Gasteiger partial charge in [-0.1, -0.05) is 29.3 Å². The lowest BCUT2D eigenvalue weighted by Crippen LogP contribution is -2.48. The minimum Gasteiger partial charge on any atom is -0.480 e. The van der Waals surface area contributed by atoms with Gasteiger partial charge in [0.2, 0.25) is 5.91 Å². The van der Waals surface area contributed by atoms with Crippen LogP contribution in [0.3, 0.4) is 0 Å². The van der Waals surface area contributed by atoms with Gasteiger partial charge in [0.25, 0.3) is 0 Å². The van der Waals surface area contributed by atoms with Crippen LogP contribution in [0.2, 0.25) is 10.0 Å². The van der Waals surface area contributed by atoms with Gasteiger partial charge >= 0.3 is 5.97 Å². The molecule has 0 unspecified atom stereocenters. The van der Waals surface area contributed by atoms with Crippen molar-refractivity contribution < 1.29 is 14.7 Å². The average molecular weight is 475 g/mol. The van der Waals surface area contributed by atoms with E-state index in [4.69, 9.17) is 23.2 Å². The summed E-state index contributed by atoms with van der Waals surface area (Å²) in [6, 6.07) is 10.2. The zero-order chi connectivity index (χ0) is 22.8. The third-order valence-electron chi connectivity index (χ3n) is 5.74. The molecule has 168 valence electrons. The van der Waals surface area contributed by atoms with Crippen LogP contribution in [0.15, 0.2) is 42.6 Å². The zero-order valence-electron chi connectivity index (χ0n) is 17.6. The van der Waals surface area contributed by atoms with Crippen LogP contribution in [0.5, 0.6) is 0 Å². The molecule has 0 aliphatic carbocycles. The van der Waals surface area contributed by atoms with Crippen molar-refractivity contribution in [2.75, 3.05) is 31.5 Å². The molecule has 3 N–H and O–H groups in total. The number of aliphatic carboxylic acids is 1. The maximum absolute atomic E-state index is 12.3. The van der Waals surface area contributed by atoms with Crippen LogP contribution in [0.4, 0.5) is 5.69 Å². The van der Waals surface area contributed by atoms with Gasteiger partial charge in [-0.15, -0.1) is 0 Å². The second-order valence-electron chi connectivity index (χ2n) is 7.97. The van der Waals surface area contributed by atoms with E-state index in [1.807, 2.05) is 29.2 Å². The number of carbonyl (C=O) groups is 2. The van der Waals surface area contributed by atoms with E-state index < -0.39 is 12.0 Å². The number of halogens is 2. The van der Waals surface area contributed by atoms with Crippen molar-refractivity contribution in [3.05, 3.63) is 63.8 Å². The molecule has 0 spiro atoms. The van der Waals surface area contributed by atoms with Crippen molar-refractivity contribution in [3.8, 4) is 0 Å². The van der Waals surface area contributed by atoms with E-state index in [1.54, 1.807) is 18.3 Å². The first-order valence-corrected chi connectivity index (χ1v) is 11.1. The second kappa shape index (κ2) is 9.50. The molecule has 1 fully saturated rings. The Kier molecular flexibility index (Phi) is 6.71. The first-order valence-electron chi connectivity index (χ1n) is 10.3. The fraction of sp³-hybridized carbons (Fsp3) is 0.304. The highest BCUT2D eigenvalue weighted by Crippen LogP contribution is 2.32. The molecule has 1 aliphatic rings. The Hall–Kier alpha value is -2.58. The lowest BCUT2D eigenvalue weighted by molar-refractivity contribution is -0.144. The van der Waals surface area contributed by atoms with Crippen LogP contribution in [-0.4, -0.2) is 57.9 Å². The Labute approximate surface area is 195 Å². The van der Waals surface area contributed by atoms with E-state index in [1.165, 1.54) is 6.92 Å². The van der Waals surface area contributed by atoms with Gasteiger partial charge in [0.05, 0.1) is 0 Å². The molecular formula is C23H24Cl2N4O3. The molecule has 1 aliphatic heterocycles. The molecule has 3 aromatic rings. The number of carbonyl (C=O) groups excluding carboxylic acids is 1. The summed E-state index contributed by atoms with van der Waals surface area (Å²) in [7, 11) is 0. The van der Waals surface area contributed by atoms with Crippen LogP contribution in [0.1, 0.15) is 24.1 Å². The number of aromatic amines is 1. The number of benzene rings is 2. The Balaban J connectivity index is 1.51. The van der Waals surface area contributed by atoms with E-state index in [2.05, 4.69) is 15.2 Å². The molecule has 0 saturated carbocycles. The zero-order valence-corrected chi connectivity index (χ0v) is 19.1. The van der Waals surface area contributed by atoms with Crippen molar-refractivity contribution in [1.82, 2.24) is 14.8 Å². The standard InChI is InChI=1S/C23H24Cl2N4O3/c1-14(30)27-17-4-5-21-18(11-17)19(12-26-21)22(23(31)32)29-8-6-28(7-9-29)13-15-2-3-16(24)10-20(15)25/h2-5,10-12,22,26H,6-9,13H2,1H3,(H,27,30)(H,31,32)/t22-/m1/s1. The number of carboxylic acids is 1. The maximum atomic E-state index is 12.3. The highest BCUT2D eigenvalue weighted by atomic mass is 35.5. The Bertz CT molecular complexity index is 1160. The van der Waals surface area contributed by atoms with Gasteiger partial charge in [0.15, 0.2) is 0 Å². The molecule has 1 atom stereocenters. The van der Waals surface area contributed by atoms with E-state index in [0.29, 0.717) is 40.9 Å². The SMILES string of the molecule is CC(=O)Nc1ccc2[nH]cc([C@H](C(=O)O)N3CCN(Cc4ccc(Cl)cc4Cl)CC3)c2c1. The van der Waals surface area contributed by atoms with Crippen LogP contribution in [0, 0.1) is 0 Å². The third kappa shape index (κ3) is 4.91. The molecule has 0 bridgehead atoms. The quantitative estimate of drug-likeness (QED) is 0.493. The van der Waals surface area contributed by atoms with E-state index in [9.17, 15) is 14.7 Å². The van der Waals surface area contributed by atoms with Gasteiger partial charge < -0.3 is 15.4 Å². The highest BCUT2D eigenvalue weighted by Gasteiger charge is 2.32. The van der Waals surface area contributed by atoms with Crippen molar-refractivity contribution in [2.45, 2.75) is 19.5 Å². The fourth-order valence-corrected chi connectivity index (χ4v) is 4.67. The lowest BCUT2D eigenvalue weighted by Gasteiger charge is -2.37. The third-order valence-corrected chi connectivity index (χ3v) is 6.33. The first kappa shape index (κ1) is 22.6. The number of aromatic nitrogens is 1. The number of hydrogen-bond donors (Lipinski definition) is 3. The average Bonchev–Trinajstić information content (AvgIpc) is 3.14. The molecule has 2 heterocycles. The second-order valence-corrected chi connectivity index (χ2v) is 8.82. The van der Waals surface area contributed by atoms with Crippen molar-refractivity contribution in [1.29, 1.82) is 0 Å². The van der Waals surface area contributed by atoms with Gasteiger partial charge in [0, 0.05) is 78.0 Å². The van der Waals surface area contributed by atoms with E-state index >= 15 is 0 Å². The number of rotatable bonds is 6. The van der Waals surface area contributed by atoms with Gasteiger partial charge in [0.1, 0.15) is 6.04 Å². The number of amides is 1. The molecule has 32 heavy (non-hydrogen) atoms. The van der Waals surface area contributed by atoms with Gasteiger partial charge in [-0.05, 0) is 35.9 Å². The van der Waals surface area contributed by atoms with Crippen LogP contribution in [-0.2, 0) is 16.1 Å². The number of fused-ring (bicyclic) bond motifs is 1. The number of nitrogens with zero attached hydrogens (tertiary/aromatic N) is 2.